The van der Waals surface area contributed by atoms with Crippen LogP contribution in [0.5, 0.6) is 0 Å². The van der Waals surface area contributed by atoms with Crippen LogP contribution in [0.25, 0.3) is 0 Å². The third-order valence-corrected chi connectivity index (χ3v) is 5.25. The minimum Gasteiger partial charge on any atom is -0.396 e. The molecule has 1 aliphatic heterocycles. The third kappa shape index (κ3) is 3.53. The molecule has 21 heavy (non-hydrogen) atoms. The number of anilines is 1. The molecule has 0 radical (unpaired) electrons. The van der Waals surface area contributed by atoms with E-state index in [0.29, 0.717) is 13.2 Å². The van der Waals surface area contributed by atoms with E-state index < -0.39 is 15.8 Å². The number of benzene rings is 1. The molecule has 0 spiro atoms. The fourth-order valence-electron chi connectivity index (χ4n) is 2.60. The van der Waals surface area contributed by atoms with Crippen LogP contribution in [0.3, 0.4) is 0 Å². The lowest BCUT2D eigenvalue weighted by atomic mass is 10.0. The highest BCUT2D eigenvalue weighted by atomic mass is 32.2. The van der Waals surface area contributed by atoms with E-state index in [1.165, 1.54) is 13.0 Å². The molecule has 2 rings (SSSR count). The summed E-state index contributed by atoms with van der Waals surface area (Å²) in [6, 6.07) is 2.43. The van der Waals surface area contributed by atoms with Crippen molar-refractivity contribution in [1.82, 2.24) is 4.72 Å². The lowest BCUT2D eigenvalue weighted by Crippen LogP contribution is -2.32. The monoisotopic (exact) mass is 316 g/mol. The quantitative estimate of drug-likeness (QED) is 0.812. The van der Waals surface area contributed by atoms with E-state index in [9.17, 15) is 12.8 Å². The number of ether oxygens (including phenoxy) is 1. The smallest absolute Gasteiger partial charge is 0.240 e. The Morgan fingerprint density at radius 2 is 2.19 bits per heavy atom. The standard InChI is InChI=1S/C14H21FN2O3S/c1-3-13-10(4-5-20-13)8-17-21(18,19)11-6-9(2)14(15)12(16)7-11/h6-7,10,13,17H,3-5,8,16H2,1-2H3. The molecule has 0 bridgehead atoms. The van der Waals surface area contributed by atoms with Crippen LogP contribution in [0.1, 0.15) is 25.3 Å². The van der Waals surface area contributed by atoms with Crippen LogP contribution in [-0.2, 0) is 14.8 Å². The first-order chi connectivity index (χ1) is 9.85. The second-order valence-corrected chi connectivity index (χ2v) is 7.13. The molecule has 1 aliphatic rings. The number of rotatable bonds is 5. The average molecular weight is 316 g/mol. The van der Waals surface area contributed by atoms with Gasteiger partial charge in [-0.1, -0.05) is 6.92 Å². The van der Waals surface area contributed by atoms with Gasteiger partial charge in [0.2, 0.25) is 10.0 Å². The van der Waals surface area contributed by atoms with Gasteiger partial charge in [0.1, 0.15) is 5.82 Å². The van der Waals surface area contributed by atoms with Gasteiger partial charge < -0.3 is 10.5 Å². The van der Waals surface area contributed by atoms with Crippen LogP contribution in [0, 0.1) is 18.7 Å². The van der Waals surface area contributed by atoms with Crippen LogP contribution < -0.4 is 10.5 Å². The fourth-order valence-corrected chi connectivity index (χ4v) is 3.81. The summed E-state index contributed by atoms with van der Waals surface area (Å²) >= 11 is 0. The third-order valence-electron chi connectivity index (χ3n) is 3.85. The van der Waals surface area contributed by atoms with Gasteiger partial charge in [0.05, 0.1) is 16.7 Å². The lowest BCUT2D eigenvalue weighted by Gasteiger charge is -2.17. The van der Waals surface area contributed by atoms with Gasteiger partial charge in [0, 0.05) is 19.1 Å². The SMILES string of the molecule is CCC1OCCC1CNS(=O)(=O)c1cc(C)c(F)c(N)c1. The minimum absolute atomic E-state index is 0.00846. The summed E-state index contributed by atoms with van der Waals surface area (Å²) in [6.45, 7) is 4.48. The molecule has 5 nitrogen and oxygen atoms in total. The number of nitrogen functional groups attached to an aromatic ring is 1. The fraction of sp³-hybridized carbons (Fsp3) is 0.571. The molecule has 1 heterocycles. The van der Waals surface area contributed by atoms with Crippen molar-refractivity contribution < 1.29 is 17.5 Å². The van der Waals surface area contributed by atoms with E-state index in [-0.39, 0.29) is 28.2 Å². The van der Waals surface area contributed by atoms with Crippen LogP contribution in [0.2, 0.25) is 0 Å². The molecular weight excluding hydrogens is 295 g/mol. The largest absolute Gasteiger partial charge is 0.396 e. The first-order valence-corrected chi connectivity index (χ1v) is 8.50. The molecule has 1 aromatic rings. The molecule has 7 heteroatoms. The highest BCUT2D eigenvalue weighted by Gasteiger charge is 2.28. The normalized spacial score (nSPS) is 22.6. The zero-order chi connectivity index (χ0) is 15.6. The summed E-state index contributed by atoms with van der Waals surface area (Å²) in [7, 11) is -3.69. The van der Waals surface area contributed by atoms with Crippen LogP contribution >= 0.6 is 0 Å². The number of sulfonamides is 1. The Hall–Kier alpha value is -1.18. The molecule has 0 aliphatic carbocycles. The number of hydrogen-bond donors (Lipinski definition) is 2. The molecule has 1 saturated heterocycles. The zero-order valence-corrected chi connectivity index (χ0v) is 13.0. The van der Waals surface area contributed by atoms with Gasteiger partial charge in [-0.15, -0.1) is 0 Å². The van der Waals surface area contributed by atoms with E-state index in [2.05, 4.69) is 4.72 Å². The second-order valence-electron chi connectivity index (χ2n) is 5.36. The first kappa shape index (κ1) is 16.2. The minimum atomic E-state index is -3.69. The van der Waals surface area contributed by atoms with E-state index in [4.69, 9.17) is 10.5 Å². The molecule has 3 N–H and O–H groups in total. The van der Waals surface area contributed by atoms with Crippen LogP contribution in [0.15, 0.2) is 17.0 Å². The first-order valence-electron chi connectivity index (χ1n) is 7.02. The molecule has 2 unspecified atom stereocenters. The Morgan fingerprint density at radius 3 is 2.81 bits per heavy atom. The molecule has 0 aromatic heterocycles. The zero-order valence-electron chi connectivity index (χ0n) is 12.2. The van der Waals surface area contributed by atoms with Crippen molar-refractivity contribution >= 4 is 15.7 Å². The summed E-state index contributed by atoms with van der Waals surface area (Å²) in [6.07, 6.45) is 1.79. The van der Waals surface area contributed by atoms with Gasteiger partial charge in [-0.3, -0.25) is 0 Å². The average Bonchev–Trinajstić information content (AvgIpc) is 2.89. The maximum atomic E-state index is 13.5. The highest BCUT2D eigenvalue weighted by molar-refractivity contribution is 7.89. The van der Waals surface area contributed by atoms with Crippen LogP contribution in [-0.4, -0.2) is 27.7 Å². The van der Waals surface area contributed by atoms with Gasteiger partial charge in [0.25, 0.3) is 0 Å². The lowest BCUT2D eigenvalue weighted by molar-refractivity contribution is 0.0884. The topological polar surface area (TPSA) is 81.4 Å². The van der Waals surface area contributed by atoms with Crippen molar-refractivity contribution in [3.05, 3.63) is 23.5 Å². The molecule has 1 aromatic carbocycles. The molecule has 0 amide bonds. The van der Waals surface area contributed by atoms with Crippen molar-refractivity contribution in [3.63, 3.8) is 0 Å². The summed E-state index contributed by atoms with van der Waals surface area (Å²) in [4.78, 5) is -0.00846. The van der Waals surface area contributed by atoms with Crippen molar-refractivity contribution in [3.8, 4) is 0 Å². The Kier molecular flexibility index (Phi) is 4.85. The maximum absolute atomic E-state index is 13.5. The van der Waals surface area contributed by atoms with Gasteiger partial charge >= 0.3 is 0 Å². The Balaban J connectivity index is 2.12. The second kappa shape index (κ2) is 6.29. The highest BCUT2D eigenvalue weighted by Crippen LogP contribution is 2.24. The van der Waals surface area contributed by atoms with Gasteiger partial charge in [-0.25, -0.2) is 17.5 Å². The van der Waals surface area contributed by atoms with Gasteiger partial charge in [-0.2, -0.15) is 0 Å². The summed E-state index contributed by atoms with van der Waals surface area (Å²) in [5, 5.41) is 0. The summed E-state index contributed by atoms with van der Waals surface area (Å²) < 4.78 is 46.1. The van der Waals surface area contributed by atoms with E-state index in [0.717, 1.165) is 18.9 Å². The van der Waals surface area contributed by atoms with Crippen molar-refractivity contribution in [2.45, 2.75) is 37.7 Å². The number of halogens is 1. The number of aryl methyl sites for hydroxylation is 1. The van der Waals surface area contributed by atoms with Crippen LogP contribution in [0.4, 0.5) is 10.1 Å². The van der Waals surface area contributed by atoms with Crippen molar-refractivity contribution in [2.24, 2.45) is 5.92 Å². The summed E-state index contributed by atoms with van der Waals surface area (Å²) in [5.41, 5.74) is 5.55. The summed E-state index contributed by atoms with van der Waals surface area (Å²) in [5.74, 6) is -0.409. The van der Waals surface area contributed by atoms with E-state index in [1.807, 2.05) is 6.92 Å². The predicted molar refractivity (Wildman–Crippen MR) is 78.9 cm³/mol. The Labute approximate surface area is 124 Å². The van der Waals surface area contributed by atoms with E-state index >= 15 is 0 Å². The maximum Gasteiger partial charge on any atom is 0.240 e. The molecular formula is C14H21FN2O3S. The number of nitrogens with two attached hydrogens (primary N) is 1. The van der Waals surface area contributed by atoms with Crippen molar-refractivity contribution in [1.29, 1.82) is 0 Å². The molecule has 0 saturated carbocycles. The van der Waals surface area contributed by atoms with Gasteiger partial charge in [0.15, 0.2) is 0 Å². The van der Waals surface area contributed by atoms with E-state index in [1.54, 1.807) is 0 Å². The molecule has 1 fully saturated rings. The Morgan fingerprint density at radius 1 is 1.48 bits per heavy atom. The molecule has 2 atom stereocenters. The number of hydrogen-bond acceptors (Lipinski definition) is 4. The predicted octanol–water partition coefficient (Wildman–Crippen LogP) is 1.81. The number of nitrogens with one attached hydrogen (secondary N) is 1. The Bertz CT molecular complexity index is 596. The van der Waals surface area contributed by atoms with Crippen molar-refractivity contribution in [2.75, 3.05) is 18.9 Å². The molecule has 118 valence electrons. The van der Waals surface area contributed by atoms with Gasteiger partial charge in [-0.05, 0) is 37.5 Å².